The number of amides is 1. The SMILES string of the molecule is CC(C(=O)N1CCN(Cc2nc(NCCCN(C)C)c3ccccc3n2)CC1)c1ccccc1. The Morgan fingerprint density at radius 1 is 1.00 bits per heavy atom. The van der Waals surface area contributed by atoms with Crippen molar-refractivity contribution in [2.75, 3.05) is 58.7 Å². The van der Waals surface area contributed by atoms with E-state index in [9.17, 15) is 4.79 Å². The first-order chi connectivity index (χ1) is 16.5. The Balaban J connectivity index is 1.37. The first kappa shape index (κ1) is 24.1. The second-order valence-electron chi connectivity index (χ2n) is 9.32. The van der Waals surface area contributed by atoms with E-state index in [1.165, 1.54) is 0 Å². The lowest BCUT2D eigenvalue weighted by Crippen LogP contribution is -2.49. The van der Waals surface area contributed by atoms with Crippen LogP contribution < -0.4 is 5.32 Å². The third-order valence-corrected chi connectivity index (χ3v) is 6.44. The molecule has 0 spiro atoms. The smallest absolute Gasteiger partial charge is 0.229 e. The minimum absolute atomic E-state index is 0.113. The predicted octanol–water partition coefficient (Wildman–Crippen LogP) is 3.44. The zero-order valence-corrected chi connectivity index (χ0v) is 20.6. The van der Waals surface area contributed by atoms with Gasteiger partial charge in [-0.15, -0.1) is 0 Å². The van der Waals surface area contributed by atoms with E-state index in [2.05, 4.69) is 35.3 Å². The first-order valence-electron chi connectivity index (χ1n) is 12.2. The highest BCUT2D eigenvalue weighted by Gasteiger charge is 2.26. The van der Waals surface area contributed by atoms with Gasteiger partial charge in [0.15, 0.2) is 0 Å². The molecule has 1 atom stereocenters. The lowest BCUT2D eigenvalue weighted by molar-refractivity contribution is -0.134. The molecule has 1 aliphatic rings. The zero-order valence-electron chi connectivity index (χ0n) is 20.6. The number of carbonyl (C=O) groups excluding carboxylic acids is 1. The summed E-state index contributed by atoms with van der Waals surface area (Å²) in [5.74, 6) is 1.82. The van der Waals surface area contributed by atoms with Crippen molar-refractivity contribution in [1.82, 2.24) is 24.7 Å². The second-order valence-corrected chi connectivity index (χ2v) is 9.32. The number of aromatic nitrogens is 2. The lowest BCUT2D eigenvalue weighted by Gasteiger charge is -2.35. The van der Waals surface area contributed by atoms with Crippen molar-refractivity contribution in [1.29, 1.82) is 0 Å². The maximum absolute atomic E-state index is 13.0. The topological polar surface area (TPSA) is 64.6 Å². The Hall–Kier alpha value is -3.03. The van der Waals surface area contributed by atoms with Crippen molar-refractivity contribution in [2.45, 2.75) is 25.8 Å². The molecule has 1 aromatic heterocycles. The van der Waals surface area contributed by atoms with Crippen LogP contribution in [0.25, 0.3) is 10.9 Å². The van der Waals surface area contributed by atoms with Crippen molar-refractivity contribution in [2.24, 2.45) is 0 Å². The number of hydrogen-bond donors (Lipinski definition) is 1. The predicted molar refractivity (Wildman–Crippen MR) is 138 cm³/mol. The second kappa shape index (κ2) is 11.4. The molecule has 180 valence electrons. The van der Waals surface area contributed by atoms with Crippen LogP contribution >= 0.6 is 0 Å². The number of nitrogens with one attached hydrogen (secondary N) is 1. The van der Waals surface area contributed by atoms with Crippen molar-refractivity contribution < 1.29 is 4.79 Å². The number of piperazine rings is 1. The summed E-state index contributed by atoms with van der Waals surface area (Å²) in [7, 11) is 4.18. The number of carbonyl (C=O) groups is 1. The Labute approximate surface area is 202 Å². The van der Waals surface area contributed by atoms with Crippen molar-refractivity contribution in [3.8, 4) is 0 Å². The minimum atomic E-state index is -0.113. The van der Waals surface area contributed by atoms with Gasteiger partial charge in [0.05, 0.1) is 18.0 Å². The molecule has 1 N–H and O–H groups in total. The average Bonchev–Trinajstić information content (AvgIpc) is 2.86. The summed E-state index contributed by atoms with van der Waals surface area (Å²) in [6.07, 6.45) is 1.05. The fourth-order valence-corrected chi connectivity index (χ4v) is 4.42. The van der Waals surface area contributed by atoms with Crippen LogP contribution in [0.3, 0.4) is 0 Å². The number of nitrogens with zero attached hydrogens (tertiary/aromatic N) is 5. The highest BCUT2D eigenvalue weighted by molar-refractivity contribution is 5.89. The fourth-order valence-electron chi connectivity index (χ4n) is 4.42. The first-order valence-corrected chi connectivity index (χ1v) is 12.2. The molecule has 1 unspecified atom stereocenters. The largest absolute Gasteiger partial charge is 0.369 e. The molecule has 2 aromatic carbocycles. The summed E-state index contributed by atoms with van der Waals surface area (Å²) in [6, 6.07) is 18.2. The summed E-state index contributed by atoms with van der Waals surface area (Å²) < 4.78 is 0. The summed E-state index contributed by atoms with van der Waals surface area (Å²) in [6.45, 7) is 7.73. The Morgan fingerprint density at radius 3 is 2.44 bits per heavy atom. The van der Waals surface area contributed by atoms with Crippen LogP contribution in [0.5, 0.6) is 0 Å². The van der Waals surface area contributed by atoms with E-state index in [0.29, 0.717) is 6.54 Å². The molecule has 0 radical (unpaired) electrons. The molecule has 0 bridgehead atoms. The Bertz CT molecular complexity index is 1080. The minimum Gasteiger partial charge on any atom is -0.369 e. The van der Waals surface area contributed by atoms with Crippen LogP contribution in [0, 0.1) is 0 Å². The molecule has 0 aliphatic carbocycles. The highest BCUT2D eigenvalue weighted by atomic mass is 16.2. The number of fused-ring (bicyclic) bond motifs is 1. The van der Waals surface area contributed by atoms with E-state index in [-0.39, 0.29) is 11.8 Å². The van der Waals surface area contributed by atoms with Crippen LogP contribution in [0.15, 0.2) is 54.6 Å². The average molecular weight is 461 g/mol. The van der Waals surface area contributed by atoms with Gasteiger partial charge >= 0.3 is 0 Å². The van der Waals surface area contributed by atoms with Gasteiger partial charge in [-0.2, -0.15) is 0 Å². The van der Waals surface area contributed by atoms with Crippen molar-refractivity contribution in [3.63, 3.8) is 0 Å². The van der Waals surface area contributed by atoms with E-state index in [1.54, 1.807) is 0 Å². The molecule has 1 amide bonds. The van der Waals surface area contributed by atoms with Gasteiger partial charge in [-0.25, -0.2) is 9.97 Å². The van der Waals surface area contributed by atoms with Crippen LogP contribution in [-0.2, 0) is 11.3 Å². The van der Waals surface area contributed by atoms with Gasteiger partial charge in [0.2, 0.25) is 5.91 Å². The Kier molecular flexibility index (Phi) is 8.08. The van der Waals surface area contributed by atoms with E-state index in [1.807, 2.05) is 60.4 Å². The number of hydrogen-bond acceptors (Lipinski definition) is 6. The quantitative estimate of drug-likeness (QED) is 0.494. The summed E-state index contributed by atoms with van der Waals surface area (Å²) in [4.78, 5) is 29.2. The van der Waals surface area contributed by atoms with Gasteiger partial charge in [-0.05, 0) is 51.7 Å². The van der Waals surface area contributed by atoms with Crippen LogP contribution in [0.2, 0.25) is 0 Å². The van der Waals surface area contributed by atoms with Gasteiger partial charge < -0.3 is 15.1 Å². The molecule has 2 heterocycles. The normalized spacial score (nSPS) is 15.6. The lowest BCUT2D eigenvalue weighted by atomic mass is 9.99. The third kappa shape index (κ3) is 6.10. The van der Waals surface area contributed by atoms with Crippen molar-refractivity contribution in [3.05, 3.63) is 66.0 Å². The van der Waals surface area contributed by atoms with Gasteiger partial charge in [0.25, 0.3) is 0 Å². The Morgan fingerprint density at radius 2 is 1.71 bits per heavy atom. The molecule has 1 fully saturated rings. The van der Waals surface area contributed by atoms with E-state index >= 15 is 0 Å². The van der Waals surface area contributed by atoms with Crippen LogP contribution in [0.4, 0.5) is 5.82 Å². The standard InChI is InChI=1S/C27H36N6O/c1-21(22-10-5-4-6-11-22)27(34)33-18-16-32(17-19-33)20-25-29-24-13-8-7-12-23(24)26(30-25)28-14-9-15-31(2)3/h4-8,10-13,21H,9,14-20H2,1-3H3,(H,28,29,30). The summed E-state index contributed by atoms with van der Waals surface area (Å²) in [5.41, 5.74) is 2.04. The number of para-hydroxylation sites is 1. The molecule has 0 saturated carbocycles. The molecule has 4 rings (SSSR count). The molecular weight excluding hydrogens is 424 g/mol. The van der Waals surface area contributed by atoms with E-state index < -0.39 is 0 Å². The number of rotatable bonds is 9. The summed E-state index contributed by atoms with van der Waals surface area (Å²) in [5, 5.41) is 4.58. The number of anilines is 1. The van der Waals surface area contributed by atoms with Crippen molar-refractivity contribution >= 4 is 22.6 Å². The van der Waals surface area contributed by atoms with Gasteiger partial charge in [-0.1, -0.05) is 42.5 Å². The molecule has 3 aromatic rings. The fraction of sp³-hybridized carbons (Fsp3) is 0.444. The molecule has 1 saturated heterocycles. The third-order valence-electron chi connectivity index (χ3n) is 6.44. The van der Waals surface area contributed by atoms with E-state index in [0.717, 1.165) is 73.8 Å². The van der Waals surface area contributed by atoms with Crippen LogP contribution in [-0.4, -0.2) is 83.9 Å². The maximum atomic E-state index is 13.0. The van der Waals surface area contributed by atoms with Gasteiger partial charge in [0, 0.05) is 38.1 Å². The van der Waals surface area contributed by atoms with Gasteiger partial charge in [0.1, 0.15) is 11.6 Å². The molecule has 7 nitrogen and oxygen atoms in total. The summed E-state index contributed by atoms with van der Waals surface area (Å²) >= 11 is 0. The van der Waals surface area contributed by atoms with Gasteiger partial charge in [-0.3, -0.25) is 9.69 Å². The molecule has 34 heavy (non-hydrogen) atoms. The maximum Gasteiger partial charge on any atom is 0.229 e. The van der Waals surface area contributed by atoms with Crippen LogP contribution in [0.1, 0.15) is 30.7 Å². The number of benzene rings is 2. The highest BCUT2D eigenvalue weighted by Crippen LogP contribution is 2.22. The zero-order chi connectivity index (χ0) is 23.9. The molecule has 1 aliphatic heterocycles. The monoisotopic (exact) mass is 460 g/mol. The van der Waals surface area contributed by atoms with E-state index in [4.69, 9.17) is 9.97 Å². The molecular formula is C27H36N6O. The molecule has 7 heteroatoms.